The first-order chi connectivity index (χ1) is 15.0. The monoisotopic (exact) mass is 440 g/mol. The minimum Gasteiger partial charge on any atom is -0.383 e. The molecule has 0 unspecified atom stereocenters. The van der Waals surface area contributed by atoms with Crippen LogP contribution < -0.4 is 5.32 Å². The molecule has 3 heterocycles. The predicted octanol–water partition coefficient (Wildman–Crippen LogP) is 3.17. The summed E-state index contributed by atoms with van der Waals surface area (Å²) in [6.45, 7) is 3.59. The van der Waals surface area contributed by atoms with Gasteiger partial charge in [-0.15, -0.1) is 11.3 Å². The van der Waals surface area contributed by atoms with Crippen LogP contribution in [0.1, 0.15) is 44.1 Å². The summed E-state index contributed by atoms with van der Waals surface area (Å²) in [5.74, 6) is -0.0500. The second-order valence-corrected chi connectivity index (χ2v) is 8.97. The molecule has 3 aromatic rings. The molecule has 7 nitrogen and oxygen atoms in total. The van der Waals surface area contributed by atoms with E-state index in [0.717, 1.165) is 45.6 Å². The summed E-state index contributed by atoms with van der Waals surface area (Å²) in [5.41, 5.74) is 2.56. The molecular formula is C23H28N4O3S. The van der Waals surface area contributed by atoms with Gasteiger partial charge in [-0.25, -0.2) is 0 Å². The maximum atomic E-state index is 13.3. The molecule has 1 atom stereocenters. The Bertz CT molecular complexity index is 1100. The Hall–Kier alpha value is -2.71. The molecule has 0 bridgehead atoms. The summed E-state index contributed by atoms with van der Waals surface area (Å²) < 4.78 is 7.88. The van der Waals surface area contributed by atoms with Gasteiger partial charge in [0, 0.05) is 43.7 Å². The number of amides is 2. The number of nitrogens with zero attached hydrogens (tertiary/aromatic N) is 3. The Morgan fingerprint density at radius 1 is 1.32 bits per heavy atom. The number of aryl methyl sites for hydroxylation is 1. The molecule has 1 aromatic carbocycles. The molecule has 2 amide bonds. The lowest BCUT2D eigenvalue weighted by atomic mass is 10.00. The van der Waals surface area contributed by atoms with E-state index in [0.29, 0.717) is 25.1 Å². The molecule has 0 spiro atoms. The maximum Gasteiger partial charge on any atom is 0.261 e. The molecule has 0 saturated carbocycles. The Morgan fingerprint density at radius 3 is 2.87 bits per heavy atom. The fraction of sp³-hybridized carbons (Fsp3) is 0.435. The minimum absolute atomic E-state index is 0.0266. The first-order valence-electron chi connectivity index (χ1n) is 10.6. The van der Waals surface area contributed by atoms with Gasteiger partial charge in [0.15, 0.2) is 0 Å². The van der Waals surface area contributed by atoms with Crippen molar-refractivity contribution in [1.29, 1.82) is 0 Å². The third-order valence-electron chi connectivity index (χ3n) is 6.04. The molecule has 1 saturated heterocycles. The Balaban J connectivity index is 1.62. The van der Waals surface area contributed by atoms with Gasteiger partial charge in [-0.1, -0.05) is 18.2 Å². The van der Waals surface area contributed by atoms with E-state index in [1.165, 1.54) is 11.3 Å². The summed E-state index contributed by atoms with van der Waals surface area (Å²) in [6, 6.07) is 8.18. The summed E-state index contributed by atoms with van der Waals surface area (Å²) in [6.07, 6.45) is 4.22. The van der Waals surface area contributed by atoms with E-state index in [1.807, 2.05) is 37.1 Å². The number of carbonyl (C=O) groups is 2. The van der Waals surface area contributed by atoms with Crippen LogP contribution in [0.2, 0.25) is 0 Å². The van der Waals surface area contributed by atoms with Crippen LogP contribution in [0, 0.1) is 6.92 Å². The van der Waals surface area contributed by atoms with Crippen molar-refractivity contribution >= 4 is 33.2 Å². The average molecular weight is 441 g/mol. The Labute approximate surface area is 186 Å². The number of thiophene rings is 1. The first kappa shape index (κ1) is 21.5. The molecule has 2 aromatic heterocycles. The van der Waals surface area contributed by atoms with Gasteiger partial charge in [0.05, 0.1) is 23.2 Å². The zero-order valence-electron chi connectivity index (χ0n) is 18.2. The van der Waals surface area contributed by atoms with E-state index < -0.39 is 0 Å². The number of carbonyl (C=O) groups excluding carboxylic acids is 2. The molecule has 0 aliphatic carbocycles. The third kappa shape index (κ3) is 4.22. The highest BCUT2D eigenvalue weighted by Crippen LogP contribution is 2.35. The van der Waals surface area contributed by atoms with Gasteiger partial charge >= 0.3 is 0 Å². The largest absolute Gasteiger partial charge is 0.383 e. The smallest absolute Gasteiger partial charge is 0.261 e. The molecule has 1 aliphatic heterocycles. The number of nitrogens with one attached hydrogen (secondary N) is 1. The van der Waals surface area contributed by atoms with Gasteiger partial charge in [-0.05, 0) is 43.2 Å². The number of fused-ring (bicyclic) bond motifs is 1. The van der Waals surface area contributed by atoms with Crippen molar-refractivity contribution in [2.75, 3.05) is 26.8 Å². The highest BCUT2D eigenvalue weighted by molar-refractivity contribution is 7.21. The Morgan fingerprint density at radius 2 is 2.13 bits per heavy atom. The van der Waals surface area contributed by atoms with Gasteiger partial charge in [0.1, 0.15) is 0 Å². The predicted molar refractivity (Wildman–Crippen MR) is 122 cm³/mol. The van der Waals surface area contributed by atoms with Crippen molar-refractivity contribution in [1.82, 2.24) is 20.0 Å². The molecule has 1 fully saturated rings. The highest BCUT2D eigenvalue weighted by atomic mass is 32.1. The summed E-state index contributed by atoms with van der Waals surface area (Å²) >= 11 is 1.52. The zero-order valence-corrected chi connectivity index (χ0v) is 19.0. The normalized spacial score (nSPS) is 16.2. The molecule has 164 valence electrons. The molecule has 31 heavy (non-hydrogen) atoms. The fourth-order valence-corrected chi connectivity index (χ4v) is 5.40. The van der Waals surface area contributed by atoms with Crippen LogP contribution in [-0.2, 0) is 18.2 Å². The number of hydrogen-bond acceptors (Lipinski definition) is 5. The first-order valence-corrected chi connectivity index (χ1v) is 11.4. The van der Waals surface area contributed by atoms with Gasteiger partial charge in [0.25, 0.3) is 11.8 Å². The van der Waals surface area contributed by atoms with Crippen LogP contribution in [0.4, 0.5) is 0 Å². The fourth-order valence-electron chi connectivity index (χ4n) is 4.25. The second kappa shape index (κ2) is 9.20. The molecule has 1 aliphatic rings. The van der Waals surface area contributed by atoms with E-state index in [-0.39, 0.29) is 17.9 Å². The van der Waals surface area contributed by atoms with Crippen LogP contribution in [0.15, 0.2) is 30.5 Å². The van der Waals surface area contributed by atoms with E-state index in [1.54, 1.807) is 18.0 Å². The van der Waals surface area contributed by atoms with E-state index >= 15 is 0 Å². The molecular weight excluding hydrogens is 412 g/mol. The SMILES string of the molecule is COCCNC(=O)c1sc2ccccc2c1C[C@@H]1CCCN1C(=O)c1cnn(C)c1C. The lowest BCUT2D eigenvalue weighted by Crippen LogP contribution is -2.37. The summed E-state index contributed by atoms with van der Waals surface area (Å²) in [5, 5.41) is 8.28. The number of ether oxygens (including phenoxy) is 1. The number of aromatic nitrogens is 2. The van der Waals surface area contributed by atoms with Crippen molar-refractivity contribution < 1.29 is 14.3 Å². The van der Waals surface area contributed by atoms with Gasteiger partial charge < -0.3 is 15.0 Å². The number of hydrogen-bond donors (Lipinski definition) is 1. The highest BCUT2D eigenvalue weighted by Gasteiger charge is 2.33. The Kier molecular flexibility index (Phi) is 6.38. The average Bonchev–Trinajstić information content (AvgIpc) is 3.47. The van der Waals surface area contributed by atoms with E-state index in [9.17, 15) is 9.59 Å². The minimum atomic E-state index is -0.0766. The van der Waals surface area contributed by atoms with Gasteiger partial charge in [0.2, 0.25) is 0 Å². The number of likely N-dealkylation sites (tertiary alicyclic amines) is 1. The summed E-state index contributed by atoms with van der Waals surface area (Å²) in [4.78, 5) is 28.9. The van der Waals surface area contributed by atoms with Crippen molar-refractivity contribution in [3.8, 4) is 0 Å². The van der Waals surface area contributed by atoms with Crippen molar-refractivity contribution in [3.63, 3.8) is 0 Å². The van der Waals surface area contributed by atoms with Gasteiger partial charge in [-0.3, -0.25) is 14.3 Å². The van der Waals surface area contributed by atoms with Crippen LogP contribution in [0.5, 0.6) is 0 Å². The van der Waals surface area contributed by atoms with Crippen molar-refractivity contribution in [3.05, 3.63) is 52.2 Å². The van der Waals surface area contributed by atoms with Crippen LogP contribution in [0.3, 0.4) is 0 Å². The van der Waals surface area contributed by atoms with Crippen LogP contribution >= 0.6 is 11.3 Å². The van der Waals surface area contributed by atoms with Gasteiger partial charge in [-0.2, -0.15) is 5.10 Å². The van der Waals surface area contributed by atoms with Crippen molar-refractivity contribution in [2.24, 2.45) is 7.05 Å². The van der Waals surface area contributed by atoms with E-state index in [2.05, 4.69) is 16.5 Å². The molecule has 4 rings (SSSR count). The van der Waals surface area contributed by atoms with Crippen LogP contribution in [0.25, 0.3) is 10.1 Å². The number of methoxy groups -OCH3 is 1. The zero-order chi connectivity index (χ0) is 22.0. The number of benzene rings is 1. The third-order valence-corrected chi connectivity index (χ3v) is 7.25. The second-order valence-electron chi connectivity index (χ2n) is 7.92. The standard InChI is InChI=1S/C23H28N4O3S/c1-15-19(14-25-26(15)2)23(29)27-11-6-7-16(27)13-18-17-8-4-5-9-20(17)31-21(18)22(28)24-10-12-30-3/h4-5,8-9,14,16H,6-7,10-13H2,1-3H3,(H,24,28)/t16-/m0/s1. The van der Waals surface area contributed by atoms with Crippen LogP contribution in [-0.4, -0.2) is 59.3 Å². The lowest BCUT2D eigenvalue weighted by Gasteiger charge is -2.25. The van der Waals surface area contributed by atoms with Crippen molar-refractivity contribution in [2.45, 2.75) is 32.2 Å². The molecule has 1 N–H and O–H groups in total. The quantitative estimate of drug-likeness (QED) is 0.573. The summed E-state index contributed by atoms with van der Waals surface area (Å²) in [7, 11) is 3.46. The molecule has 0 radical (unpaired) electrons. The lowest BCUT2D eigenvalue weighted by molar-refractivity contribution is 0.0736. The number of rotatable bonds is 7. The van der Waals surface area contributed by atoms with E-state index in [4.69, 9.17) is 4.74 Å². The maximum absolute atomic E-state index is 13.3. The topological polar surface area (TPSA) is 76.5 Å². The molecule has 8 heteroatoms.